The van der Waals surface area contributed by atoms with Gasteiger partial charge in [0.1, 0.15) is 12.6 Å². The molecule has 0 aliphatic carbocycles. The smallest absolute Gasteiger partial charge is 0.411 e. The van der Waals surface area contributed by atoms with Crippen molar-refractivity contribution in [2.24, 2.45) is 11.7 Å². The third-order valence-corrected chi connectivity index (χ3v) is 4.44. The lowest BCUT2D eigenvalue weighted by molar-refractivity contribution is -0.124. The van der Waals surface area contributed by atoms with Crippen LogP contribution in [-0.2, 0) is 22.6 Å². The van der Waals surface area contributed by atoms with E-state index in [4.69, 9.17) is 10.5 Å². The molecule has 2 amide bonds. The van der Waals surface area contributed by atoms with Crippen LogP contribution in [0.5, 0.6) is 0 Å². The van der Waals surface area contributed by atoms with Crippen molar-refractivity contribution in [3.63, 3.8) is 0 Å². The van der Waals surface area contributed by atoms with Gasteiger partial charge in [0.05, 0.1) is 18.1 Å². The average molecular weight is 342 g/mol. The molecule has 2 atom stereocenters. The second-order valence-corrected chi connectivity index (χ2v) is 6.52. The summed E-state index contributed by atoms with van der Waals surface area (Å²) in [5.41, 5.74) is 8.06. The number of rotatable bonds is 4. The lowest BCUT2D eigenvalue weighted by Gasteiger charge is -2.40. The first-order valence-corrected chi connectivity index (χ1v) is 8.29. The van der Waals surface area contributed by atoms with Crippen LogP contribution in [0.2, 0.25) is 0 Å². The number of nitrogens with one attached hydrogen (secondary N) is 1. The Morgan fingerprint density at radius 1 is 1.36 bits per heavy atom. The molecule has 1 aromatic carbocycles. The quantitative estimate of drug-likeness (QED) is 0.889. The summed E-state index contributed by atoms with van der Waals surface area (Å²) in [7, 11) is 0. The van der Waals surface area contributed by atoms with Gasteiger partial charge in [0, 0.05) is 12.1 Å². The number of nitrogens with zero attached hydrogens (tertiary/aromatic N) is 2. The molecule has 7 nitrogen and oxygen atoms in total. The number of aromatic nitrogens is 2. The second kappa shape index (κ2) is 6.96. The number of amides is 2. The van der Waals surface area contributed by atoms with Crippen molar-refractivity contribution in [3.8, 4) is 0 Å². The van der Waals surface area contributed by atoms with Gasteiger partial charge < -0.3 is 15.5 Å². The second-order valence-electron chi connectivity index (χ2n) is 6.52. The minimum atomic E-state index is -0.761. The van der Waals surface area contributed by atoms with Crippen LogP contribution < -0.4 is 5.73 Å². The molecule has 0 spiro atoms. The van der Waals surface area contributed by atoms with Crippen molar-refractivity contribution < 1.29 is 14.3 Å². The third kappa shape index (κ3) is 3.35. The highest BCUT2D eigenvalue weighted by Crippen LogP contribution is 2.36. The van der Waals surface area contributed by atoms with E-state index in [2.05, 4.69) is 9.97 Å². The van der Waals surface area contributed by atoms with E-state index in [0.29, 0.717) is 6.42 Å². The number of aromatic amines is 1. The zero-order chi connectivity index (χ0) is 18.0. The van der Waals surface area contributed by atoms with Crippen LogP contribution in [0.4, 0.5) is 4.79 Å². The lowest BCUT2D eigenvalue weighted by Crippen LogP contribution is -2.54. The van der Waals surface area contributed by atoms with Crippen LogP contribution in [0.15, 0.2) is 36.7 Å². The van der Waals surface area contributed by atoms with Crippen LogP contribution >= 0.6 is 0 Å². The summed E-state index contributed by atoms with van der Waals surface area (Å²) in [6.07, 6.45) is 1.34. The number of fused-ring (bicyclic) bond motifs is 1. The molecule has 0 unspecified atom stereocenters. The van der Waals surface area contributed by atoms with Crippen LogP contribution in [-0.4, -0.2) is 32.9 Å². The van der Waals surface area contributed by atoms with E-state index in [0.717, 1.165) is 17.0 Å². The van der Waals surface area contributed by atoms with E-state index in [1.165, 1.54) is 4.90 Å². The van der Waals surface area contributed by atoms with E-state index in [9.17, 15) is 9.59 Å². The lowest BCUT2D eigenvalue weighted by atomic mass is 9.89. The zero-order valence-corrected chi connectivity index (χ0v) is 14.3. The van der Waals surface area contributed by atoms with Gasteiger partial charge in [0.25, 0.3) is 0 Å². The molecule has 0 fully saturated rings. The maximum Gasteiger partial charge on any atom is 0.411 e. The van der Waals surface area contributed by atoms with Crippen LogP contribution in [0.25, 0.3) is 0 Å². The van der Waals surface area contributed by atoms with Crippen molar-refractivity contribution in [2.75, 3.05) is 0 Å². The minimum Gasteiger partial charge on any atom is -0.445 e. The Labute approximate surface area is 146 Å². The summed E-state index contributed by atoms with van der Waals surface area (Å²) in [6.45, 7) is 4.09. The van der Waals surface area contributed by atoms with Gasteiger partial charge >= 0.3 is 6.09 Å². The van der Waals surface area contributed by atoms with Gasteiger partial charge in [-0.25, -0.2) is 9.78 Å². The molecule has 0 bridgehead atoms. The third-order valence-electron chi connectivity index (χ3n) is 4.44. The summed E-state index contributed by atoms with van der Waals surface area (Å²) >= 11 is 0. The van der Waals surface area contributed by atoms with Crippen molar-refractivity contribution in [1.82, 2.24) is 14.9 Å². The first-order valence-electron chi connectivity index (χ1n) is 8.29. The molecule has 0 saturated heterocycles. The highest BCUT2D eigenvalue weighted by Gasteiger charge is 2.43. The first-order chi connectivity index (χ1) is 12.0. The molecule has 1 aromatic heterocycles. The first kappa shape index (κ1) is 17.0. The fourth-order valence-electron chi connectivity index (χ4n) is 3.28. The average Bonchev–Trinajstić information content (AvgIpc) is 3.06. The number of nitrogens with two attached hydrogens (primary N) is 1. The number of carbonyl (C=O) groups is 2. The SMILES string of the molecule is CC(C)[C@H]1c2nc[nH]c2C[C@@H](C(N)=O)N1C(=O)OCc1ccccc1. The van der Waals surface area contributed by atoms with Gasteiger partial charge in [-0.05, 0) is 11.5 Å². The summed E-state index contributed by atoms with van der Waals surface area (Å²) in [5.74, 6) is -0.504. The monoisotopic (exact) mass is 342 g/mol. The summed E-state index contributed by atoms with van der Waals surface area (Å²) < 4.78 is 5.46. The highest BCUT2D eigenvalue weighted by atomic mass is 16.6. The minimum absolute atomic E-state index is 0.0495. The Morgan fingerprint density at radius 2 is 2.08 bits per heavy atom. The van der Waals surface area contributed by atoms with E-state index in [-0.39, 0.29) is 18.6 Å². The molecule has 25 heavy (non-hydrogen) atoms. The number of imidazole rings is 1. The number of H-pyrrole nitrogens is 1. The maximum absolute atomic E-state index is 12.8. The normalized spacial score (nSPS) is 19.6. The van der Waals surface area contributed by atoms with Gasteiger partial charge in [0.2, 0.25) is 5.91 Å². The summed E-state index contributed by atoms with van der Waals surface area (Å²) in [5, 5.41) is 0. The van der Waals surface area contributed by atoms with Crippen molar-refractivity contribution in [1.29, 1.82) is 0 Å². The molecule has 7 heteroatoms. The fraction of sp³-hybridized carbons (Fsp3) is 0.389. The predicted molar refractivity (Wildman–Crippen MR) is 91.3 cm³/mol. The fourth-order valence-corrected chi connectivity index (χ4v) is 3.28. The van der Waals surface area contributed by atoms with Crippen LogP contribution in [0.1, 0.15) is 36.8 Å². The largest absolute Gasteiger partial charge is 0.445 e. The highest BCUT2D eigenvalue weighted by molar-refractivity contribution is 5.85. The number of primary amides is 1. The Hall–Kier alpha value is -2.83. The molecule has 0 saturated carbocycles. The molecule has 0 radical (unpaired) electrons. The van der Waals surface area contributed by atoms with E-state index in [1.54, 1.807) is 6.33 Å². The van der Waals surface area contributed by atoms with Gasteiger partial charge in [-0.2, -0.15) is 0 Å². The molecule has 1 aliphatic rings. The number of carbonyl (C=O) groups excluding carboxylic acids is 2. The number of benzene rings is 1. The Kier molecular flexibility index (Phi) is 4.74. The van der Waals surface area contributed by atoms with E-state index < -0.39 is 18.0 Å². The zero-order valence-electron chi connectivity index (χ0n) is 14.3. The summed E-state index contributed by atoms with van der Waals surface area (Å²) in [4.78, 5) is 33.6. The molecular weight excluding hydrogens is 320 g/mol. The molecule has 2 aromatic rings. The Bertz CT molecular complexity index is 757. The standard InChI is InChI=1S/C18H22N4O3/c1-11(2)16-15-13(20-10-21-15)8-14(17(19)23)22(16)18(24)25-9-12-6-4-3-5-7-12/h3-7,10-11,14,16H,8-9H2,1-2H3,(H2,19,23)(H,20,21)/t14-,16-/m0/s1. The van der Waals surface area contributed by atoms with Crippen LogP contribution in [0.3, 0.4) is 0 Å². The van der Waals surface area contributed by atoms with Gasteiger partial charge in [-0.1, -0.05) is 44.2 Å². The van der Waals surface area contributed by atoms with Crippen molar-refractivity contribution in [2.45, 2.75) is 39.0 Å². The number of hydrogen-bond donors (Lipinski definition) is 2. The summed E-state index contributed by atoms with van der Waals surface area (Å²) in [6, 6.07) is 8.28. The van der Waals surface area contributed by atoms with Crippen molar-refractivity contribution >= 4 is 12.0 Å². The molecular formula is C18H22N4O3. The van der Waals surface area contributed by atoms with Crippen molar-refractivity contribution in [3.05, 3.63) is 53.6 Å². The predicted octanol–water partition coefficient (Wildman–Crippen LogP) is 2.16. The van der Waals surface area contributed by atoms with Gasteiger partial charge in [-0.15, -0.1) is 0 Å². The number of hydrogen-bond acceptors (Lipinski definition) is 4. The molecule has 3 rings (SSSR count). The van der Waals surface area contributed by atoms with Gasteiger partial charge in [0.15, 0.2) is 0 Å². The molecule has 2 heterocycles. The Morgan fingerprint density at radius 3 is 2.72 bits per heavy atom. The van der Waals surface area contributed by atoms with Crippen LogP contribution in [0, 0.1) is 5.92 Å². The molecule has 132 valence electrons. The Balaban J connectivity index is 1.86. The van der Waals surface area contributed by atoms with E-state index >= 15 is 0 Å². The van der Waals surface area contributed by atoms with E-state index in [1.807, 2.05) is 44.2 Å². The topological polar surface area (TPSA) is 101 Å². The molecule has 3 N–H and O–H groups in total. The maximum atomic E-state index is 12.8. The number of ether oxygens (including phenoxy) is 1. The van der Waals surface area contributed by atoms with Gasteiger partial charge in [-0.3, -0.25) is 9.69 Å². The molecule has 1 aliphatic heterocycles.